The molecule has 4 aromatic heterocycles. The number of halogens is 2. The number of hydrogen-bond donors (Lipinski definition) is 4. The molecule has 4 bridgehead atoms. The van der Waals surface area contributed by atoms with Gasteiger partial charge in [0.2, 0.25) is 29.6 Å². The van der Waals surface area contributed by atoms with Crippen LogP contribution < -0.4 is 59.1 Å². The van der Waals surface area contributed by atoms with E-state index in [-0.39, 0.29) is 134 Å². The topological polar surface area (TPSA) is 384 Å². The smallest absolute Gasteiger partial charge is 1.00 e. The summed E-state index contributed by atoms with van der Waals surface area (Å²) in [4.78, 5) is 103. The SMILES string of the molecule is CC(C)COc1c(C(=O)NC2C3CC4CC2CC(O)(C4)C3)cnn1/C=C/C(C)(C)N1CCOC1=O.CCOC(=O)c1cnn(/C=C/C(C)(C)N2CCOC2=O)c1OCC(C)C.CCOC(=O)c1cnn(/C=C/C(C)(C)N=C=O)c1OCC(C)C.CCOC(=O)c1cnn(/C=C/C(C)(C)NC(=O)OCCCl)c1OCC(C)C.OCCCl.[H-].[Na+]. The molecule has 0 spiro atoms. The molecule has 0 radical (unpaired) electrons. The summed E-state index contributed by atoms with van der Waals surface area (Å²) in [7, 11) is 0. The summed E-state index contributed by atoms with van der Waals surface area (Å²) in [5.74, 6) is 2.59. The first-order chi connectivity index (χ1) is 54.2. The number of isocyanates is 1. The Morgan fingerprint density at radius 2 is 0.940 bits per heavy atom. The van der Waals surface area contributed by atoms with Crippen LogP contribution in [0.2, 0.25) is 0 Å². The molecule has 33 nitrogen and oxygen atoms in total. The molecular weight excluding hydrogens is 1560 g/mol. The van der Waals surface area contributed by atoms with Crippen LogP contribution in [0.4, 0.5) is 14.4 Å². The fraction of sp³-hybridized carbons (Fsp3) is 0.650. The minimum absolute atomic E-state index is 0. The molecule has 36 heteroatoms. The van der Waals surface area contributed by atoms with Crippen molar-refractivity contribution in [3.05, 3.63) is 71.3 Å². The number of rotatable bonds is 35. The summed E-state index contributed by atoms with van der Waals surface area (Å²) >= 11 is 10.4. The fourth-order valence-electron chi connectivity index (χ4n) is 12.7. The summed E-state index contributed by atoms with van der Waals surface area (Å²) in [6.45, 7) is 40.7. The van der Waals surface area contributed by atoms with Crippen molar-refractivity contribution in [1.82, 2.24) is 59.6 Å². The van der Waals surface area contributed by atoms with E-state index in [1.165, 1.54) is 38.7 Å². The van der Waals surface area contributed by atoms with E-state index in [0.717, 1.165) is 32.1 Å². The van der Waals surface area contributed by atoms with E-state index in [0.29, 0.717) is 105 Å². The Kier molecular flexibility index (Phi) is 40.7. The van der Waals surface area contributed by atoms with Gasteiger partial charge < -0.3 is 69.6 Å². The molecule has 642 valence electrons. The fourth-order valence-corrected chi connectivity index (χ4v) is 12.8. The Morgan fingerprint density at radius 1 is 0.586 bits per heavy atom. The molecule has 4 N–H and O–H groups in total. The third-order valence-corrected chi connectivity index (χ3v) is 18.4. The quantitative estimate of drug-likeness (QED) is 0.00831. The Morgan fingerprint density at radius 3 is 1.26 bits per heavy atom. The number of alkyl carbamates (subject to hydrolysis) is 1. The predicted molar refractivity (Wildman–Crippen MR) is 434 cm³/mol. The van der Waals surface area contributed by atoms with Crippen molar-refractivity contribution in [2.75, 3.05) is 97.5 Å². The first-order valence-corrected chi connectivity index (χ1v) is 40.1. The maximum atomic E-state index is 13.4. The molecule has 2 atom stereocenters. The van der Waals surface area contributed by atoms with Crippen LogP contribution in [0.5, 0.6) is 23.5 Å². The third-order valence-electron chi connectivity index (χ3n) is 18.1. The van der Waals surface area contributed by atoms with Crippen LogP contribution in [-0.4, -0.2) is 239 Å². The molecular formula is C80H122Cl2N13NaO20. The second-order valence-electron chi connectivity index (χ2n) is 31.9. The van der Waals surface area contributed by atoms with Gasteiger partial charge in [0, 0.05) is 36.7 Å². The monoisotopic (exact) mass is 1680 g/mol. The van der Waals surface area contributed by atoms with Gasteiger partial charge in [-0.25, -0.2) is 52.3 Å². The van der Waals surface area contributed by atoms with Gasteiger partial charge in [0.1, 0.15) is 42.1 Å². The van der Waals surface area contributed by atoms with Gasteiger partial charge in [-0.1, -0.05) is 55.4 Å². The molecule has 6 heterocycles. The number of carbonyl (C=O) groups is 7. The average molecular weight is 1680 g/mol. The number of carbonyl (C=O) groups excluding carboxylic acids is 8. The number of aromatic nitrogens is 8. The van der Waals surface area contributed by atoms with E-state index in [1.54, 1.807) is 106 Å². The Balaban J connectivity index is 0.000000400. The van der Waals surface area contributed by atoms with Crippen LogP contribution in [0.15, 0.2) is 54.1 Å². The number of hydrogen-bond acceptors (Lipinski definition) is 25. The van der Waals surface area contributed by atoms with Crippen molar-refractivity contribution in [3.8, 4) is 23.5 Å². The number of cyclic esters (lactones) is 2. The zero-order chi connectivity index (χ0) is 85.6. The van der Waals surface area contributed by atoms with E-state index in [2.05, 4.69) is 49.9 Å². The van der Waals surface area contributed by atoms with Crippen LogP contribution in [0, 0.1) is 41.4 Å². The van der Waals surface area contributed by atoms with E-state index in [9.17, 15) is 43.5 Å². The van der Waals surface area contributed by atoms with Gasteiger partial charge in [-0.05, 0) is 174 Å². The molecule has 10 rings (SSSR count). The largest absolute Gasteiger partial charge is 1.00 e. The number of esters is 3. The maximum absolute atomic E-state index is 13.4. The van der Waals surface area contributed by atoms with Crippen molar-refractivity contribution < 1.29 is 127 Å². The van der Waals surface area contributed by atoms with E-state index < -0.39 is 51.8 Å². The number of alkyl halides is 2. The van der Waals surface area contributed by atoms with Gasteiger partial charge in [-0.15, -0.1) is 23.2 Å². The van der Waals surface area contributed by atoms with Crippen LogP contribution >= 0.6 is 23.2 Å². The second kappa shape index (κ2) is 47.2. The first-order valence-electron chi connectivity index (χ1n) is 39.0. The zero-order valence-corrected chi connectivity index (χ0v) is 74.6. The van der Waals surface area contributed by atoms with Gasteiger partial charge in [-0.3, -0.25) is 14.6 Å². The molecule has 2 unspecified atom stereocenters. The number of nitrogens with one attached hydrogen (secondary N) is 2. The van der Waals surface area contributed by atoms with Crippen molar-refractivity contribution in [2.24, 2.45) is 46.4 Å². The average Bonchev–Trinajstić information content (AvgIpc) is 1.40. The third kappa shape index (κ3) is 30.8. The normalized spacial score (nSPS) is 18.3. The number of aliphatic imine (C=N–C) groups is 1. The minimum atomic E-state index is -0.729. The van der Waals surface area contributed by atoms with E-state index in [4.69, 9.17) is 75.7 Å². The Bertz CT molecular complexity index is 3990. The zero-order valence-electron chi connectivity index (χ0n) is 72.1. The summed E-state index contributed by atoms with van der Waals surface area (Å²) in [6, 6.07) is 0.0799. The predicted octanol–water partition coefficient (Wildman–Crippen LogP) is 9.41. The van der Waals surface area contributed by atoms with Gasteiger partial charge in [0.05, 0.1) is 124 Å². The second-order valence-corrected chi connectivity index (χ2v) is 32.7. The number of nitrogens with zero attached hydrogens (tertiary/aromatic N) is 11. The maximum Gasteiger partial charge on any atom is 1.00 e. The Labute approximate surface area is 714 Å². The van der Waals surface area contributed by atoms with Crippen LogP contribution in [0.25, 0.3) is 24.8 Å². The van der Waals surface area contributed by atoms with Crippen LogP contribution in [-0.2, 0) is 33.2 Å². The molecule has 6 aliphatic rings. The van der Waals surface area contributed by atoms with Crippen molar-refractivity contribution >= 4 is 96.2 Å². The summed E-state index contributed by atoms with van der Waals surface area (Å²) in [6.07, 6.45) is 24.4. The number of aliphatic hydroxyl groups is 2. The van der Waals surface area contributed by atoms with Crippen LogP contribution in [0.1, 0.15) is 207 Å². The van der Waals surface area contributed by atoms with Gasteiger partial charge in [0.25, 0.3) is 5.91 Å². The molecule has 4 aliphatic carbocycles. The molecule has 116 heavy (non-hydrogen) atoms. The van der Waals surface area contributed by atoms with Crippen molar-refractivity contribution in [2.45, 2.75) is 197 Å². The molecule has 4 amide bonds. The summed E-state index contributed by atoms with van der Waals surface area (Å²) < 4.78 is 59.3. The molecule has 0 aromatic carbocycles. The van der Waals surface area contributed by atoms with Crippen LogP contribution in [0.3, 0.4) is 0 Å². The summed E-state index contributed by atoms with van der Waals surface area (Å²) in [5, 5.41) is 41.5. The van der Waals surface area contributed by atoms with Gasteiger partial charge >= 0.3 is 65.7 Å². The van der Waals surface area contributed by atoms with E-state index in [1.807, 2.05) is 81.4 Å². The van der Waals surface area contributed by atoms with Crippen molar-refractivity contribution in [1.29, 1.82) is 0 Å². The molecule has 6 fully saturated rings. The Hall–Kier alpha value is -8.43. The number of amides is 4. The molecule has 4 aromatic rings. The van der Waals surface area contributed by atoms with Crippen molar-refractivity contribution in [3.63, 3.8) is 0 Å². The molecule has 4 saturated carbocycles. The van der Waals surface area contributed by atoms with E-state index >= 15 is 0 Å². The summed E-state index contributed by atoms with van der Waals surface area (Å²) in [5.41, 5.74) is -1.97. The minimum Gasteiger partial charge on any atom is -1.00 e. The first kappa shape index (κ1) is 99.9. The van der Waals surface area contributed by atoms with Gasteiger partial charge in [0.15, 0.2) is 0 Å². The molecule has 2 aliphatic heterocycles. The number of aliphatic hydroxyl groups excluding tert-OH is 1. The molecule has 2 saturated heterocycles. The standard InChI is InChI=1S/C26H38N4O5.C18H28ClN3O5.C18H27N3O5.C16H23N3O4.C2H5ClO.Na.H/c1-16(2)15-35-23-20(14-27-30(23)6-5-25(3,4)29-7-8-34-24(29)32)22(31)28-21-18-9-17-10-19(21)13-26(33,11-17)12-18;1-6-25-16(23)14-11-20-22(15(14)27-12-13(2)3)9-7-18(4,5)21-17(24)26-10-8-19;1-6-24-16(22)14-11-19-21(15(14)26-12-13(2)3)8-7-18(4,5)20-9-10-25-17(20)23;1-6-22-15(21)13-9-18-19(14(13)23-10-12(2)3)8-7-16(4,5)17-11-20;3-1-2-4;;/h5-6,14,16-19,21,33H,7-13,15H2,1-4H3,(H,28,31);7,9,11,13H,6,8,10,12H2,1-5H3,(H,21,24);7-8,11,13H,6,9-10,12H2,1-5H3;7-9,12H,6,10H2,1-5H3;4H,1-2H2;;/q;;;;;+1;-1/b6-5+;9-7+;2*8-7+;;;. The number of ether oxygens (including phenoxy) is 10. The van der Waals surface area contributed by atoms with Gasteiger partial charge in [-0.2, -0.15) is 25.4 Å².